The fourth-order valence-electron chi connectivity index (χ4n) is 8.39. The summed E-state index contributed by atoms with van der Waals surface area (Å²) in [5.41, 5.74) is 23.7. The number of hydrogen-bond donors (Lipinski definition) is 0. The lowest BCUT2D eigenvalue weighted by atomic mass is 9.81. The molecule has 10 rings (SSSR count). The van der Waals surface area contributed by atoms with Gasteiger partial charge in [0.25, 0.3) is 0 Å². The smallest absolute Gasteiger partial charge is 0.0364 e. The van der Waals surface area contributed by atoms with Crippen LogP contribution in [-0.2, 0) is 6.42 Å². The normalized spacial score (nSPS) is 14.7. The summed E-state index contributed by atoms with van der Waals surface area (Å²) < 4.78 is 0. The maximum atomic E-state index is 4.50. The van der Waals surface area contributed by atoms with E-state index in [0.717, 1.165) is 12.0 Å². The van der Waals surface area contributed by atoms with E-state index in [-0.39, 0.29) is 0 Å². The van der Waals surface area contributed by atoms with Crippen LogP contribution in [-0.4, -0.2) is 0 Å². The Kier molecular flexibility index (Phi) is 5.36. The highest BCUT2D eigenvalue weighted by Crippen LogP contribution is 2.60. The predicted molar refractivity (Wildman–Crippen MR) is 192 cm³/mol. The van der Waals surface area contributed by atoms with Gasteiger partial charge in [0, 0.05) is 5.92 Å². The maximum Gasteiger partial charge on any atom is 0.0364 e. The molecular formula is C46H30. The lowest BCUT2D eigenvalue weighted by molar-refractivity contribution is 1.06. The summed E-state index contributed by atoms with van der Waals surface area (Å²) in [5, 5.41) is 0. The second kappa shape index (κ2) is 9.64. The Balaban J connectivity index is 1.06. The molecule has 0 bridgehead atoms. The largest absolute Gasteiger partial charge is 0.0905 e. The third kappa shape index (κ3) is 3.62. The standard InChI is InChI=1S/C46H30/c1-28-36-15-3-2-10-33(36)26-35-21-20-32(27-43(28)35)30-12-8-11-29(24-30)31-13-9-14-34(25-31)37-22-23-42-38-16-4-5-17-39(38)45-41-19-7-6-18-40(41)44(37)46(42)45/h2-25,27,45H,1,26H2. The van der Waals surface area contributed by atoms with Crippen LogP contribution < -0.4 is 0 Å². The first-order valence-electron chi connectivity index (χ1n) is 16.2. The summed E-state index contributed by atoms with van der Waals surface area (Å²) >= 11 is 0. The summed E-state index contributed by atoms with van der Waals surface area (Å²) in [6.07, 6.45) is 0.958. The van der Waals surface area contributed by atoms with Crippen molar-refractivity contribution in [1.82, 2.24) is 0 Å². The van der Waals surface area contributed by atoms with Crippen molar-refractivity contribution in [3.8, 4) is 55.6 Å². The summed E-state index contributed by atoms with van der Waals surface area (Å²) in [5.74, 6) is 0.318. The van der Waals surface area contributed by atoms with Gasteiger partial charge in [-0.25, -0.2) is 0 Å². The maximum absolute atomic E-state index is 4.50. The van der Waals surface area contributed by atoms with Gasteiger partial charge in [-0.1, -0.05) is 140 Å². The van der Waals surface area contributed by atoms with Crippen molar-refractivity contribution in [2.24, 2.45) is 0 Å². The van der Waals surface area contributed by atoms with E-state index in [1.54, 1.807) is 0 Å². The second-order valence-corrected chi connectivity index (χ2v) is 12.9. The molecule has 214 valence electrons. The summed E-state index contributed by atoms with van der Waals surface area (Å²) in [4.78, 5) is 0. The summed E-state index contributed by atoms with van der Waals surface area (Å²) in [7, 11) is 0. The first-order chi connectivity index (χ1) is 22.7. The molecule has 0 saturated carbocycles. The van der Waals surface area contributed by atoms with Gasteiger partial charge in [0.05, 0.1) is 0 Å². The Morgan fingerprint density at radius 2 is 0.957 bits per heavy atom. The number of benzene rings is 7. The monoisotopic (exact) mass is 582 g/mol. The molecule has 0 nitrogen and oxygen atoms in total. The molecule has 7 aromatic carbocycles. The van der Waals surface area contributed by atoms with Crippen LogP contribution in [0.1, 0.15) is 44.9 Å². The number of rotatable bonds is 3. The summed E-state index contributed by atoms with van der Waals surface area (Å²) in [6.45, 7) is 4.50. The van der Waals surface area contributed by atoms with Crippen molar-refractivity contribution in [2.45, 2.75) is 12.3 Å². The van der Waals surface area contributed by atoms with Crippen LogP contribution in [0, 0.1) is 0 Å². The van der Waals surface area contributed by atoms with E-state index in [9.17, 15) is 0 Å². The molecular weight excluding hydrogens is 553 g/mol. The fraction of sp³-hybridized carbons (Fsp3) is 0.0435. The van der Waals surface area contributed by atoms with Gasteiger partial charge in [-0.3, -0.25) is 0 Å². The fourth-order valence-corrected chi connectivity index (χ4v) is 8.39. The van der Waals surface area contributed by atoms with E-state index in [2.05, 4.69) is 158 Å². The van der Waals surface area contributed by atoms with E-state index in [1.807, 2.05) is 0 Å². The van der Waals surface area contributed by atoms with Gasteiger partial charge in [-0.15, -0.1) is 0 Å². The molecule has 0 fully saturated rings. The molecule has 0 heteroatoms. The predicted octanol–water partition coefficient (Wildman–Crippen LogP) is 11.8. The second-order valence-electron chi connectivity index (χ2n) is 12.9. The van der Waals surface area contributed by atoms with Gasteiger partial charge >= 0.3 is 0 Å². The highest BCUT2D eigenvalue weighted by Gasteiger charge is 2.39. The van der Waals surface area contributed by atoms with Gasteiger partial charge < -0.3 is 0 Å². The van der Waals surface area contributed by atoms with Crippen molar-refractivity contribution in [3.05, 3.63) is 197 Å². The zero-order valence-electron chi connectivity index (χ0n) is 25.4. The molecule has 1 unspecified atom stereocenters. The molecule has 3 aliphatic carbocycles. The van der Waals surface area contributed by atoms with Gasteiger partial charge in [-0.05, 0) is 125 Å². The van der Waals surface area contributed by atoms with Crippen molar-refractivity contribution in [1.29, 1.82) is 0 Å². The van der Waals surface area contributed by atoms with E-state index in [1.165, 1.54) is 94.6 Å². The zero-order chi connectivity index (χ0) is 30.4. The lowest BCUT2D eigenvalue weighted by Gasteiger charge is -2.22. The molecule has 46 heavy (non-hydrogen) atoms. The van der Waals surface area contributed by atoms with Crippen molar-refractivity contribution in [3.63, 3.8) is 0 Å². The zero-order valence-corrected chi connectivity index (χ0v) is 25.4. The van der Waals surface area contributed by atoms with Crippen LogP contribution in [0.15, 0.2) is 158 Å². The van der Waals surface area contributed by atoms with Crippen molar-refractivity contribution in [2.75, 3.05) is 0 Å². The Labute approximate surface area is 270 Å². The van der Waals surface area contributed by atoms with Crippen molar-refractivity contribution < 1.29 is 0 Å². The van der Waals surface area contributed by atoms with Crippen LogP contribution >= 0.6 is 0 Å². The van der Waals surface area contributed by atoms with Crippen LogP contribution in [0.4, 0.5) is 0 Å². The van der Waals surface area contributed by atoms with E-state index < -0.39 is 0 Å². The van der Waals surface area contributed by atoms with Gasteiger partial charge in [-0.2, -0.15) is 0 Å². The molecule has 1 atom stereocenters. The van der Waals surface area contributed by atoms with Crippen LogP contribution in [0.3, 0.4) is 0 Å². The molecule has 0 amide bonds. The molecule has 0 spiro atoms. The summed E-state index contributed by atoms with van der Waals surface area (Å²) in [6, 6.07) is 56.3. The SMILES string of the molecule is C=C1c2ccccc2Cc2ccc(-c3cccc(-c4cccc(-c5ccc6c7c5-c5ccccc5C7c5ccccc5-6)c4)c3)cc21. The van der Waals surface area contributed by atoms with Crippen LogP contribution in [0.5, 0.6) is 0 Å². The van der Waals surface area contributed by atoms with Gasteiger partial charge in [0.1, 0.15) is 0 Å². The minimum absolute atomic E-state index is 0.318. The first kappa shape index (κ1) is 25.6. The highest BCUT2D eigenvalue weighted by atomic mass is 14.4. The van der Waals surface area contributed by atoms with Crippen LogP contribution in [0.25, 0.3) is 61.2 Å². The molecule has 0 radical (unpaired) electrons. The van der Waals surface area contributed by atoms with E-state index in [4.69, 9.17) is 0 Å². The molecule has 7 aromatic rings. The highest BCUT2D eigenvalue weighted by molar-refractivity contribution is 6.01. The number of fused-ring (bicyclic) bond motifs is 8. The molecule has 0 aliphatic heterocycles. The third-order valence-corrected chi connectivity index (χ3v) is 10.5. The van der Waals surface area contributed by atoms with Crippen LogP contribution in [0.2, 0.25) is 0 Å². The van der Waals surface area contributed by atoms with E-state index >= 15 is 0 Å². The number of hydrogen-bond acceptors (Lipinski definition) is 0. The Morgan fingerprint density at radius 1 is 0.391 bits per heavy atom. The molecule has 0 N–H and O–H groups in total. The van der Waals surface area contributed by atoms with Crippen molar-refractivity contribution >= 4 is 5.57 Å². The van der Waals surface area contributed by atoms with Gasteiger partial charge in [0.15, 0.2) is 0 Å². The molecule has 0 heterocycles. The Bertz CT molecular complexity index is 2420. The van der Waals surface area contributed by atoms with Gasteiger partial charge in [0.2, 0.25) is 0 Å². The minimum Gasteiger partial charge on any atom is -0.0905 e. The Morgan fingerprint density at radius 3 is 1.74 bits per heavy atom. The lowest BCUT2D eigenvalue weighted by Crippen LogP contribution is -2.05. The Hall–Kier alpha value is -5.72. The third-order valence-electron chi connectivity index (χ3n) is 10.5. The molecule has 3 aliphatic rings. The minimum atomic E-state index is 0.318. The van der Waals surface area contributed by atoms with E-state index in [0.29, 0.717) is 5.92 Å². The molecule has 0 aromatic heterocycles. The quantitative estimate of drug-likeness (QED) is 0.194. The average Bonchev–Trinajstić information content (AvgIpc) is 3.64. The first-order valence-corrected chi connectivity index (χ1v) is 16.2. The average molecular weight is 583 g/mol. The topological polar surface area (TPSA) is 0 Å². The molecule has 0 saturated heterocycles.